The SMILES string of the molecule is Cl.Cl.[SiH2]=[Ti]([CH2]c1ccccc1)([CH]1C=CC2=C1CCCC2)[CH]1C=CC2=C1CCCC2. The van der Waals surface area contributed by atoms with Gasteiger partial charge in [-0.25, -0.2) is 0 Å². The van der Waals surface area contributed by atoms with Gasteiger partial charge in [-0.15, -0.1) is 24.8 Å². The molecule has 0 saturated carbocycles. The average Bonchev–Trinajstić information content (AvgIpc) is 3.34. The Labute approximate surface area is 193 Å². The third-order valence-electron chi connectivity index (χ3n) is 7.45. The summed E-state index contributed by atoms with van der Waals surface area (Å²) in [7, 11) is 2.51. The van der Waals surface area contributed by atoms with Crippen LogP contribution in [0.4, 0.5) is 0 Å². The zero-order chi connectivity index (χ0) is 18.3. The zero-order valence-electron chi connectivity index (χ0n) is 17.2. The van der Waals surface area contributed by atoms with Gasteiger partial charge in [0.05, 0.1) is 0 Å². The van der Waals surface area contributed by atoms with E-state index < -0.39 is 15.3 Å². The van der Waals surface area contributed by atoms with Crippen LogP contribution in [-0.2, 0) is 20.1 Å². The topological polar surface area (TPSA) is 0 Å². The van der Waals surface area contributed by atoms with Crippen LogP contribution in [0.2, 0.25) is 8.45 Å². The van der Waals surface area contributed by atoms with Gasteiger partial charge in [-0.2, -0.15) is 0 Å². The van der Waals surface area contributed by atoms with Crippen molar-refractivity contribution < 1.29 is 15.3 Å². The normalized spacial score (nSPS) is 27.0. The monoisotopic (exact) mass is 479 g/mol. The number of benzene rings is 1. The molecule has 0 bridgehead atoms. The van der Waals surface area contributed by atoms with Crippen molar-refractivity contribution in [3.05, 3.63) is 82.5 Å². The Morgan fingerprint density at radius 1 is 0.724 bits per heavy atom. The van der Waals surface area contributed by atoms with Crippen LogP contribution < -0.4 is 0 Å². The zero-order valence-corrected chi connectivity index (χ0v) is 21.8. The van der Waals surface area contributed by atoms with Crippen LogP contribution in [0, 0.1) is 0 Å². The molecule has 29 heavy (non-hydrogen) atoms. The quantitative estimate of drug-likeness (QED) is 0.400. The van der Waals surface area contributed by atoms with Gasteiger partial charge in [0.2, 0.25) is 0 Å². The maximum atomic E-state index is 2.67. The molecular formula is C25H33Cl2SiTi. The van der Waals surface area contributed by atoms with Crippen LogP contribution in [0.15, 0.2) is 76.9 Å². The summed E-state index contributed by atoms with van der Waals surface area (Å²) in [5.41, 5.74) is 8.77. The van der Waals surface area contributed by atoms with Gasteiger partial charge in [0.25, 0.3) is 0 Å². The van der Waals surface area contributed by atoms with Crippen LogP contribution in [0.3, 0.4) is 0 Å². The molecule has 0 aliphatic heterocycles. The Balaban J connectivity index is 0.00000120. The van der Waals surface area contributed by atoms with Crippen LogP contribution in [0.5, 0.6) is 0 Å². The molecule has 5 rings (SSSR count). The molecule has 0 aromatic heterocycles. The molecule has 1 aromatic carbocycles. The Morgan fingerprint density at radius 3 is 1.72 bits per heavy atom. The number of halogens is 2. The molecule has 4 aliphatic rings. The van der Waals surface area contributed by atoms with Crippen molar-refractivity contribution in [2.24, 2.45) is 0 Å². The summed E-state index contributed by atoms with van der Waals surface area (Å²) in [6.07, 6.45) is 21.5. The van der Waals surface area contributed by atoms with Crippen molar-refractivity contribution in [2.75, 3.05) is 0 Å². The second-order valence-electron chi connectivity index (χ2n) is 9.08. The predicted molar refractivity (Wildman–Crippen MR) is 130 cm³/mol. The number of hydrogen-bond acceptors (Lipinski definition) is 0. The first-order valence-electron chi connectivity index (χ1n) is 11.0. The van der Waals surface area contributed by atoms with Crippen molar-refractivity contribution in [2.45, 2.75) is 64.5 Å². The molecule has 0 nitrogen and oxygen atoms in total. The molecular weight excluding hydrogens is 447 g/mol. The van der Waals surface area contributed by atoms with Gasteiger partial charge in [0, 0.05) is 0 Å². The van der Waals surface area contributed by atoms with E-state index >= 15 is 0 Å². The summed E-state index contributed by atoms with van der Waals surface area (Å²) in [6, 6.07) is 11.4. The fourth-order valence-electron chi connectivity index (χ4n) is 6.12. The molecule has 2 unspecified atom stereocenters. The maximum absolute atomic E-state index is 2.67. The van der Waals surface area contributed by atoms with Gasteiger partial charge in [-0.3, -0.25) is 0 Å². The summed E-state index contributed by atoms with van der Waals surface area (Å²) in [4.78, 5) is 0. The summed E-state index contributed by atoms with van der Waals surface area (Å²) >= 11 is -2.26. The fraction of sp³-hybridized carbons (Fsp3) is 0.440. The Hall–Kier alpha value is -0.309. The third kappa shape index (κ3) is 4.37. The summed E-state index contributed by atoms with van der Waals surface area (Å²) in [5.74, 6) is 0. The molecule has 0 saturated heterocycles. The molecule has 0 heterocycles. The Kier molecular flexibility index (Phi) is 7.95. The second-order valence-corrected chi connectivity index (χ2v) is 20.9. The molecule has 0 N–H and O–H groups in total. The van der Waals surface area contributed by atoms with Crippen molar-refractivity contribution in [1.82, 2.24) is 0 Å². The van der Waals surface area contributed by atoms with E-state index in [-0.39, 0.29) is 24.8 Å². The molecule has 1 aromatic rings. The standard InChI is InChI=1S/2C9H11.C7H7.2ClH.H2Si.Ti/c2*1-2-5-9-7-3-6-8(9)4-1;1-7-5-3-2-4-6-7;;;;/h2*3,6-7H,1-2,4-5H2;2-6H,1H2;2*1H;1H2;. The van der Waals surface area contributed by atoms with Crippen molar-refractivity contribution >= 4 is 32.4 Å². The van der Waals surface area contributed by atoms with E-state index in [0.29, 0.717) is 0 Å². The summed E-state index contributed by atoms with van der Waals surface area (Å²) in [5, 5.41) is 0. The van der Waals surface area contributed by atoms with Crippen molar-refractivity contribution in [1.29, 1.82) is 0 Å². The van der Waals surface area contributed by atoms with E-state index in [1.54, 1.807) is 16.7 Å². The second kappa shape index (κ2) is 9.88. The van der Waals surface area contributed by atoms with Crippen LogP contribution >= 0.6 is 24.8 Å². The first-order valence-corrected chi connectivity index (χ1v) is 17.9. The summed E-state index contributed by atoms with van der Waals surface area (Å²) < 4.78 is 2.99. The molecule has 4 aliphatic carbocycles. The van der Waals surface area contributed by atoms with Crippen LogP contribution in [0.1, 0.15) is 56.9 Å². The van der Waals surface area contributed by atoms with Crippen LogP contribution in [0.25, 0.3) is 0 Å². The molecule has 0 radical (unpaired) electrons. The van der Waals surface area contributed by atoms with E-state index in [9.17, 15) is 0 Å². The Bertz CT molecular complexity index is 858. The molecule has 4 heteroatoms. The van der Waals surface area contributed by atoms with E-state index in [2.05, 4.69) is 62.3 Å². The summed E-state index contributed by atoms with van der Waals surface area (Å²) in [6.45, 7) is 0. The van der Waals surface area contributed by atoms with Crippen LogP contribution in [-0.4, -0.2) is 7.63 Å². The third-order valence-corrected chi connectivity index (χ3v) is 19.3. The predicted octanol–water partition coefficient (Wildman–Crippen LogP) is 7.19. The first kappa shape index (κ1) is 23.4. The van der Waals surface area contributed by atoms with Gasteiger partial charge >= 0.3 is 170 Å². The van der Waals surface area contributed by atoms with E-state index in [1.165, 1.54) is 56.1 Å². The molecule has 155 valence electrons. The average molecular weight is 480 g/mol. The minimum absolute atomic E-state index is 0. The van der Waals surface area contributed by atoms with Crippen molar-refractivity contribution in [3.8, 4) is 0 Å². The molecule has 0 fully saturated rings. The minimum atomic E-state index is -2.26. The van der Waals surface area contributed by atoms with Gasteiger partial charge in [0.1, 0.15) is 0 Å². The number of rotatable bonds is 4. The molecule has 0 spiro atoms. The van der Waals surface area contributed by atoms with Crippen molar-refractivity contribution in [3.63, 3.8) is 0 Å². The number of allylic oxidation sites excluding steroid dienone is 8. The number of hydrogen-bond donors (Lipinski definition) is 0. The van der Waals surface area contributed by atoms with E-state index in [4.69, 9.17) is 0 Å². The molecule has 0 amide bonds. The fourth-order valence-corrected chi connectivity index (χ4v) is 18.0. The Morgan fingerprint density at radius 2 is 1.21 bits per heavy atom. The van der Waals surface area contributed by atoms with Gasteiger partial charge in [0.15, 0.2) is 0 Å². The van der Waals surface area contributed by atoms with E-state index in [1.807, 2.05) is 11.1 Å². The molecule has 2 atom stereocenters. The van der Waals surface area contributed by atoms with E-state index in [0.717, 1.165) is 8.45 Å². The van der Waals surface area contributed by atoms with Gasteiger partial charge in [-0.05, 0) is 0 Å². The first-order chi connectivity index (χ1) is 13.3. The van der Waals surface area contributed by atoms with Gasteiger partial charge < -0.3 is 0 Å². The van der Waals surface area contributed by atoms with Gasteiger partial charge in [-0.1, -0.05) is 0 Å².